The Morgan fingerprint density at radius 3 is 2.81 bits per heavy atom. The minimum Gasteiger partial charge on any atom is -0.492 e. The van der Waals surface area contributed by atoms with Crippen LogP contribution in [-0.4, -0.2) is 49.0 Å². The molecule has 1 saturated heterocycles. The lowest BCUT2D eigenvalue weighted by Crippen LogP contribution is -2.54. The molecule has 1 heterocycles. The first kappa shape index (κ1) is 16.2. The molecular formula is C15H20Cl2N2O2. The standard InChI is InChI=1S/C15H20Cl2N2O2/c1-3-21-14-8-12(4-5-13(14)17)18-6-7-19(11(2)10-18)15(20)9-16/h4-5,8,11H,3,6-7,9-10H2,1-2H3. The Morgan fingerprint density at radius 2 is 2.19 bits per heavy atom. The Bertz CT molecular complexity index is 510. The lowest BCUT2D eigenvalue weighted by atomic mass is 10.1. The quantitative estimate of drug-likeness (QED) is 0.795. The van der Waals surface area contributed by atoms with E-state index in [2.05, 4.69) is 4.90 Å². The van der Waals surface area contributed by atoms with Gasteiger partial charge in [0.1, 0.15) is 11.6 Å². The van der Waals surface area contributed by atoms with Gasteiger partial charge >= 0.3 is 0 Å². The Labute approximate surface area is 135 Å². The fourth-order valence-electron chi connectivity index (χ4n) is 2.59. The Morgan fingerprint density at radius 1 is 1.43 bits per heavy atom. The maximum atomic E-state index is 11.7. The number of amides is 1. The van der Waals surface area contributed by atoms with E-state index in [1.165, 1.54) is 0 Å². The van der Waals surface area contributed by atoms with Crippen molar-refractivity contribution in [2.75, 3.05) is 37.0 Å². The first-order valence-electron chi connectivity index (χ1n) is 7.09. The van der Waals surface area contributed by atoms with Crippen LogP contribution < -0.4 is 9.64 Å². The third-order valence-electron chi connectivity index (χ3n) is 3.64. The molecular weight excluding hydrogens is 311 g/mol. The van der Waals surface area contributed by atoms with Crippen LogP contribution >= 0.6 is 23.2 Å². The van der Waals surface area contributed by atoms with Crippen LogP contribution in [-0.2, 0) is 4.79 Å². The highest BCUT2D eigenvalue weighted by atomic mass is 35.5. The van der Waals surface area contributed by atoms with Crippen molar-refractivity contribution < 1.29 is 9.53 Å². The van der Waals surface area contributed by atoms with E-state index >= 15 is 0 Å². The predicted molar refractivity (Wildman–Crippen MR) is 86.7 cm³/mol. The van der Waals surface area contributed by atoms with Gasteiger partial charge in [0.25, 0.3) is 0 Å². The van der Waals surface area contributed by atoms with Crippen molar-refractivity contribution in [3.05, 3.63) is 23.2 Å². The third-order valence-corrected chi connectivity index (χ3v) is 4.18. The topological polar surface area (TPSA) is 32.8 Å². The minimum atomic E-state index is -0.00470. The molecule has 6 heteroatoms. The van der Waals surface area contributed by atoms with Crippen molar-refractivity contribution in [2.45, 2.75) is 19.9 Å². The molecule has 0 N–H and O–H groups in total. The lowest BCUT2D eigenvalue weighted by molar-refractivity contribution is -0.130. The fourth-order valence-corrected chi connectivity index (χ4v) is 2.92. The smallest absolute Gasteiger partial charge is 0.237 e. The Kier molecular flexibility index (Phi) is 5.59. The van der Waals surface area contributed by atoms with Gasteiger partial charge in [0.2, 0.25) is 5.91 Å². The number of carbonyl (C=O) groups excluding carboxylic acids is 1. The van der Waals surface area contributed by atoms with Gasteiger partial charge in [-0.05, 0) is 26.0 Å². The van der Waals surface area contributed by atoms with Gasteiger partial charge in [-0.3, -0.25) is 4.79 Å². The van der Waals surface area contributed by atoms with E-state index in [1.807, 2.05) is 36.9 Å². The molecule has 1 amide bonds. The summed E-state index contributed by atoms with van der Waals surface area (Å²) in [6.07, 6.45) is 0. The Hall–Kier alpha value is -1.13. The lowest BCUT2D eigenvalue weighted by Gasteiger charge is -2.40. The summed E-state index contributed by atoms with van der Waals surface area (Å²) in [5, 5.41) is 0.615. The molecule has 1 atom stereocenters. The summed E-state index contributed by atoms with van der Waals surface area (Å²) in [6.45, 7) is 6.78. The van der Waals surface area contributed by atoms with E-state index in [-0.39, 0.29) is 17.8 Å². The molecule has 0 saturated carbocycles. The van der Waals surface area contributed by atoms with Crippen LogP contribution in [0.4, 0.5) is 5.69 Å². The van der Waals surface area contributed by atoms with E-state index in [1.54, 1.807) is 0 Å². The fraction of sp³-hybridized carbons (Fsp3) is 0.533. The van der Waals surface area contributed by atoms with Gasteiger partial charge in [-0.25, -0.2) is 0 Å². The molecule has 2 rings (SSSR count). The van der Waals surface area contributed by atoms with Crippen LogP contribution in [0.1, 0.15) is 13.8 Å². The predicted octanol–water partition coefficient (Wildman–Crippen LogP) is 3.01. The molecule has 0 bridgehead atoms. The number of piperazine rings is 1. The molecule has 1 unspecified atom stereocenters. The molecule has 116 valence electrons. The van der Waals surface area contributed by atoms with Gasteiger partial charge in [-0.2, -0.15) is 0 Å². The van der Waals surface area contributed by atoms with Gasteiger partial charge in [-0.15, -0.1) is 11.6 Å². The number of carbonyl (C=O) groups is 1. The summed E-state index contributed by atoms with van der Waals surface area (Å²) in [5.41, 5.74) is 1.06. The van der Waals surface area contributed by atoms with Gasteiger partial charge in [0.15, 0.2) is 0 Å². The molecule has 1 aromatic rings. The SMILES string of the molecule is CCOc1cc(N2CCN(C(=O)CCl)C(C)C2)ccc1Cl. The van der Waals surface area contributed by atoms with E-state index in [9.17, 15) is 4.79 Å². The summed E-state index contributed by atoms with van der Waals surface area (Å²) < 4.78 is 5.53. The number of anilines is 1. The molecule has 1 aromatic carbocycles. The maximum Gasteiger partial charge on any atom is 0.237 e. The van der Waals surface area contributed by atoms with Crippen LogP contribution in [0.2, 0.25) is 5.02 Å². The van der Waals surface area contributed by atoms with E-state index < -0.39 is 0 Å². The average molecular weight is 331 g/mol. The summed E-state index contributed by atoms with van der Waals surface area (Å²) in [4.78, 5) is 15.8. The molecule has 0 aromatic heterocycles. The first-order chi connectivity index (χ1) is 10.1. The van der Waals surface area contributed by atoms with E-state index in [0.717, 1.165) is 18.8 Å². The summed E-state index contributed by atoms with van der Waals surface area (Å²) in [5.74, 6) is 0.735. The number of alkyl halides is 1. The molecule has 0 radical (unpaired) electrons. The van der Waals surface area contributed by atoms with Crippen LogP contribution in [0.25, 0.3) is 0 Å². The van der Waals surface area contributed by atoms with Crippen molar-refractivity contribution in [1.29, 1.82) is 0 Å². The van der Waals surface area contributed by atoms with E-state index in [4.69, 9.17) is 27.9 Å². The maximum absolute atomic E-state index is 11.7. The van der Waals surface area contributed by atoms with Gasteiger partial charge in [0.05, 0.1) is 11.6 Å². The summed E-state index contributed by atoms with van der Waals surface area (Å²) in [6, 6.07) is 5.92. The monoisotopic (exact) mass is 330 g/mol. The molecule has 0 aliphatic carbocycles. The van der Waals surface area contributed by atoms with Gasteiger partial charge in [-0.1, -0.05) is 11.6 Å². The zero-order valence-electron chi connectivity index (χ0n) is 12.3. The number of benzene rings is 1. The summed E-state index contributed by atoms with van der Waals surface area (Å²) >= 11 is 11.8. The normalized spacial score (nSPS) is 18.8. The average Bonchev–Trinajstić information content (AvgIpc) is 2.49. The molecule has 0 spiro atoms. The van der Waals surface area contributed by atoms with Crippen molar-refractivity contribution in [3.63, 3.8) is 0 Å². The van der Waals surface area contributed by atoms with Gasteiger partial charge < -0.3 is 14.5 Å². The Balaban J connectivity index is 2.10. The number of ether oxygens (including phenoxy) is 1. The zero-order chi connectivity index (χ0) is 15.4. The largest absolute Gasteiger partial charge is 0.492 e. The van der Waals surface area contributed by atoms with E-state index in [0.29, 0.717) is 23.9 Å². The second-order valence-electron chi connectivity index (χ2n) is 5.06. The highest BCUT2D eigenvalue weighted by molar-refractivity contribution is 6.32. The molecule has 4 nitrogen and oxygen atoms in total. The highest BCUT2D eigenvalue weighted by Crippen LogP contribution is 2.30. The third kappa shape index (κ3) is 3.74. The molecule has 21 heavy (non-hydrogen) atoms. The highest BCUT2D eigenvalue weighted by Gasteiger charge is 2.27. The van der Waals surface area contributed by atoms with Crippen molar-refractivity contribution in [2.24, 2.45) is 0 Å². The second-order valence-corrected chi connectivity index (χ2v) is 5.74. The van der Waals surface area contributed by atoms with Crippen molar-refractivity contribution in [3.8, 4) is 5.75 Å². The van der Waals surface area contributed by atoms with Crippen molar-refractivity contribution in [1.82, 2.24) is 4.90 Å². The molecule has 1 fully saturated rings. The van der Waals surface area contributed by atoms with Crippen LogP contribution in [0.5, 0.6) is 5.75 Å². The van der Waals surface area contributed by atoms with Crippen LogP contribution in [0.15, 0.2) is 18.2 Å². The van der Waals surface area contributed by atoms with Crippen molar-refractivity contribution >= 4 is 34.8 Å². The number of nitrogens with zero attached hydrogens (tertiary/aromatic N) is 2. The minimum absolute atomic E-state index is 0.00470. The number of hydrogen-bond donors (Lipinski definition) is 0. The number of hydrogen-bond acceptors (Lipinski definition) is 3. The molecule has 1 aliphatic rings. The summed E-state index contributed by atoms with van der Waals surface area (Å²) in [7, 11) is 0. The second kappa shape index (κ2) is 7.23. The number of rotatable bonds is 4. The van der Waals surface area contributed by atoms with Crippen LogP contribution in [0, 0.1) is 0 Å². The first-order valence-corrected chi connectivity index (χ1v) is 8.00. The molecule has 1 aliphatic heterocycles. The van der Waals surface area contributed by atoms with Crippen LogP contribution in [0.3, 0.4) is 0 Å². The van der Waals surface area contributed by atoms with Gasteiger partial charge in [0, 0.05) is 37.4 Å². The number of halogens is 2. The zero-order valence-corrected chi connectivity index (χ0v) is 13.8.